The topological polar surface area (TPSA) is 55.2 Å². The summed E-state index contributed by atoms with van der Waals surface area (Å²) in [6.07, 6.45) is 3.03. The van der Waals surface area contributed by atoms with E-state index in [4.69, 9.17) is 4.74 Å². The Kier molecular flexibility index (Phi) is 4.50. The molecule has 2 rings (SSSR count). The van der Waals surface area contributed by atoms with E-state index in [9.17, 15) is 5.11 Å². The molecule has 0 radical (unpaired) electrons. The molecule has 0 saturated carbocycles. The van der Waals surface area contributed by atoms with Crippen LogP contribution in [0.2, 0.25) is 0 Å². The van der Waals surface area contributed by atoms with E-state index in [2.05, 4.69) is 25.9 Å². The molecule has 0 spiro atoms. The van der Waals surface area contributed by atoms with Gasteiger partial charge in [-0.2, -0.15) is 0 Å². The van der Waals surface area contributed by atoms with Crippen molar-refractivity contribution in [2.45, 2.75) is 19.4 Å². The number of aromatic nitrogens is 2. The molecule has 0 aliphatic heterocycles. The zero-order valence-corrected chi connectivity index (χ0v) is 12.4. The second-order valence-electron chi connectivity index (χ2n) is 4.26. The third-order valence-corrected chi connectivity index (χ3v) is 3.58. The van der Waals surface area contributed by atoms with E-state index in [0.717, 1.165) is 21.5 Å². The zero-order chi connectivity index (χ0) is 13.8. The molecule has 0 aliphatic carbocycles. The van der Waals surface area contributed by atoms with Crippen molar-refractivity contribution < 1.29 is 9.84 Å². The first-order chi connectivity index (χ1) is 9.10. The standard InChI is InChI=1S/C14H15BrN2O2/c1-9-7-17-13(8-16-9)14(18)6-10-5-11(19-2)3-4-12(10)15/h3-5,7-8,14,18H,6H2,1-2H3. The average molecular weight is 323 g/mol. The highest BCUT2D eigenvalue weighted by Gasteiger charge is 2.13. The van der Waals surface area contributed by atoms with Crippen LogP contribution in [0.15, 0.2) is 35.1 Å². The molecule has 0 saturated heterocycles. The molecule has 5 heteroatoms. The number of aryl methyl sites for hydroxylation is 1. The number of benzene rings is 1. The highest BCUT2D eigenvalue weighted by molar-refractivity contribution is 9.10. The van der Waals surface area contributed by atoms with Crippen LogP contribution in [0.3, 0.4) is 0 Å². The van der Waals surface area contributed by atoms with Gasteiger partial charge in [0.2, 0.25) is 0 Å². The first-order valence-corrected chi connectivity index (χ1v) is 6.68. The van der Waals surface area contributed by atoms with Gasteiger partial charge < -0.3 is 9.84 Å². The van der Waals surface area contributed by atoms with Crippen LogP contribution in [-0.4, -0.2) is 22.2 Å². The molecular formula is C14H15BrN2O2. The molecule has 100 valence electrons. The average Bonchev–Trinajstić information content (AvgIpc) is 2.42. The van der Waals surface area contributed by atoms with Crippen LogP contribution in [0.4, 0.5) is 0 Å². The van der Waals surface area contributed by atoms with Crippen molar-refractivity contribution in [2.75, 3.05) is 7.11 Å². The minimum Gasteiger partial charge on any atom is -0.497 e. The number of hydrogen-bond donors (Lipinski definition) is 1. The number of hydrogen-bond acceptors (Lipinski definition) is 4. The van der Waals surface area contributed by atoms with Gasteiger partial charge in [0.25, 0.3) is 0 Å². The Balaban J connectivity index is 2.18. The summed E-state index contributed by atoms with van der Waals surface area (Å²) in [5, 5.41) is 10.2. The summed E-state index contributed by atoms with van der Waals surface area (Å²) in [6.45, 7) is 1.86. The van der Waals surface area contributed by atoms with Gasteiger partial charge in [0.05, 0.1) is 24.7 Å². The van der Waals surface area contributed by atoms with Crippen molar-refractivity contribution in [3.63, 3.8) is 0 Å². The van der Waals surface area contributed by atoms with Gasteiger partial charge in [-0.05, 0) is 30.7 Å². The first-order valence-electron chi connectivity index (χ1n) is 5.89. The van der Waals surface area contributed by atoms with Crippen LogP contribution in [-0.2, 0) is 6.42 Å². The Hall–Kier alpha value is -1.46. The van der Waals surface area contributed by atoms with Crippen molar-refractivity contribution >= 4 is 15.9 Å². The third kappa shape index (κ3) is 3.52. The normalized spacial score (nSPS) is 12.2. The largest absolute Gasteiger partial charge is 0.497 e. The molecule has 0 bridgehead atoms. The molecule has 2 aromatic rings. The summed E-state index contributed by atoms with van der Waals surface area (Å²) < 4.78 is 6.12. The Labute approximate surface area is 120 Å². The number of rotatable bonds is 4. The van der Waals surface area contributed by atoms with E-state index in [1.54, 1.807) is 19.5 Å². The summed E-state index contributed by atoms with van der Waals surface area (Å²) in [5.41, 5.74) is 2.37. The van der Waals surface area contributed by atoms with Gasteiger partial charge in [0.1, 0.15) is 11.9 Å². The Morgan fingerprint density at radius 3 is 2.74 bits per heavy atom. The maximum absolute atomic E-state index is 10.2. The highest BCUT2D eigenvalue weighted by atomic mass is 79.9. The molecule has 4 nitrogen and oxygen atoms in total. The lowest BCUT2D eigenvalue weighted by atomic mass is 10.1. The van der Waals surface area contributed by atoms with Crippen LogP contribution < -0.4 is 4.74 Å². The Morgan fingerprint density at radius 1 is 1.32 bits per heavy atom. The third-order valence-electron chi connectivity index (χ3n) is 2.81. The Bertz CT molecular complexity index is 558. The van der Waals surface area contributed by atoms with Crippen LogP contribution in [0, 0.1) is 6.92 Å². The number of nitrogens with zero attached hydrogens (tertiary/aromatic N) is 2. The zero-order valence-electron chi connectivity index (χ0n) is 10.8. The summed E-state index contributed by atoms with van der Waals surface area (Å²) >= 11 is 3.47. The van der Waals surface area contributed by atoms with E-state index in [1.165, 1.54) is 0 Å². The van der Waals surface area contributed by atoms with Gasteiger partial charge in [-0.25, -0.2) is 0 Å². The van der Waals surface area contributed by atoms with Crippen molar-refractivity contribution in [1.82, 2.24) is 9.97 Å². The van der Waals surface area contributed by atoms with Crippen molar-refractivity contribution in [1.29, 1.82) is 0 Å². The van der Waals surface area contributed by atoms with Gasteiger partial charge in [-0.15, -0.1) is 0 Å². The van der Waals surface area contributed by atoms with Crippen molar-refractivity contribution in [3.8, 4) is 5.75 Å². The highest BCUT2D eigenvalue weighted by Crippen LogP contribution is 2.26. The van der Waals surface area contributed by atoms with Crippen molar-refractivity contribution in [3.05, 3.63) is 52.0 Å². The number of halogens is 1. The molecule has 1 aromatic heterocycles. The van der Waals surface area contributed by atoms with Gasteiger partial charge >= 0.3 is 0 Å². The predicted octanol–water partition coefficient (Wildman–Crippen LogP) is 2.83. The van der Waals surface area contributed by atoms with E-state index >= 15 is 0 Å². The smallest absolute Gasteiger partial charge is 0.119 e. The lowest BCUT2D eigenvalue weighted by Crippen LogP contribution is -2.06. The Morgan fingerprint density at radius 2 is 2.11 bits per heavy atom. The summed E-state index contributed by atoms with van der Waals surface area (Å²) in [6, 6.07) is 5.67. The first kappa shape index (κ1) is 14.0. The van der Waals surface area contributed by atoms with Crippen LogP contribution >= 0.6 is 15.9 Å². The van der Waals surface area contributed by atoms with Gasteiger partial charge in [-0.3, -0.25) is 9.97 Å². The molecule has 1 atom stereocenters. The lowest BCUT2D eigenvalue weighted by molar-refractivity contribution is 0.173. The summed E-state index contributed by atoms with van der Waals surface area (Å²) in [4.78, 5) is 8.33. The van der Waals surface area contributed by atoms with Gasteiger partial charge in [-0.1, -0.05) is 15.9 Å². The molecule has 0 aliphatic rings. The summed E-state index contributed by atoms with van der Waals surface area (Å²) in [5.74, 6) is 0.764. The van der Waals surface area contributed by atoms with Crippen LogP contribution in [0.1, 0.15) is 23.1 Å². The lowest BCUT2D eigenvalue weighted by Gasteiger charge is -2.12. The van der Waals surface area contributed by atoms with Crippen LogP contribution in [0.5, 0.6) is 5.75 Å². The monoisotopic (exact) mass is 322 g/mol. The SMILES string of the molecule is COc1ccc(Br)c(CC(O)c2cnc(C)cn2)c1. The number of ether oxygens (including phenoxy) is 1. The number of methoxy groups -OCH3 is 1. The molecule has 0 amide bonds. The number of aliphatic hydroxyl groups excluding tert-OH is 1. The minimum atomic E-state index is -0.684. The van der Waals surface area contributed by atoms with Gasteiger partial charge in [0.15, 0.2) is 0 Å². The van der Waals surface area contributed by atoms with Crippen LogP contribution in [0.25, 0.3) is 0 Å². The molecule has 1 unspecified atom stereocenters. The molecule has 1 N–H and O–H groups in total. The second kappa shape index (κ2) is 6.12. The predicted molar refractivity (Wildman–Crippen MR) is 76.1 cm³/mol. The maximum Gasteiger partial charge on any atom is 0.119 e. The second-order valence-corrected chi connectivity index (χ2v) is 5.11. The van der Waals surface area contributed by atoms with Crippen molar-refractivity contribution in [2.24, 2.45) is 0 Å². The minimum absolute atomic E-state index is 0.454. The molecule has 1 heterocycles. The fraction of sp³-hybridized carbons (Fsp3) is 0.286. The maximum atomic E-state index is 10.2. The molecular weight excluding hydrogens is 308 g/mol. The number of aliphatic hydroxyl groups is 1. The molecule has 19 heavy (non-hydrogen) atoms. The van der Waals surface area contributed by atoms with E-state index in [-0.39, 0.29) is 0 Å². The summed E-state index contributed by atoms with van der Waals surface area (Å²) in [7, 11) is 1.62. The van der Waals surface area contributed by atoms with Gasteiger partial charge in [0, 0.05) is 17.1 Å². The quantitative estimate of drug-likeness (QED) is 0.940. The van der Waals surface area contributed by atoms with E-state index in [1.807, 2.05) is 25.1 Å². The fourth-order valence-electron chi connectivity index (χ4n) is 1.72. The molecule has 0 fully saturated rings. The van der Waals surface area contributed by atoms with E-state index < -0.39 is 6.10 Å². The van der Waals surface area contributed by atoms with E-state index in [0.29, 0.717) is 12.1 Å². The fourth-order valence-corrected chi connectivity index (χ4v) is 2.13. The molecule has 1 aromatic carbocycles.